The number of hydrogen-bond donors (Lipinski definition) is 2. The molecular formula is C11H23N3O. The van der Waals surface area contributed by atoms with E-state index in [2.05, 4.69) is 17.0 Å². The summed E-state index contributed by atoms with van der Waals surface area (Å²) in [5, 5.41) is 11.4. The first-order valence-corrected chi connectivity index (χ1v) is 5.95. The number of likely N-dealkylation sites (tertiary alicyclic amines) is 1. The minimum absolute atomic E-state index is 0.346. The van der Waals surface area contributed by atoms with Crippen molar-refractivity contribution in [3.05, 3.63) is 0 Å². The lowest BCUT2D eigenvalue weighted by Crippen LogP contribution is -2.36. The molecule has 15 heavy (non-hydrogen) atoms. The standard InChI is InChI=1S/C11H23N3O/c1-2-10-5-3-7-14(9-10)8-4-6-11(12)13-15/h10,15H,2-9H2,1H3,(H2,12,13). The van der Waals surface area contributed by atoms with Crippen molar-refractivity contribution in [2.75, 3.05) is 19.6 Å². The van der Waals surface area contributed by atoms with Gasteiger partial charge in [0.2, 0.25) is 0 Å². The van der Waals surface area contributed by atoms with Crippen LogP contribution in [-0.4, -0.2) is 35.6 Å². The highest BCUT2D eigenvalue weighted by Crippen LogP contribution is 2.19. The molecule has 0 radical (unpaired) electrons. The molecule has 0 bridgehead atoms. The Morgan fingerprint density at radius 1 is 1.60 bits per heavy atom. The van der Waals surface area contributed by atoms with Crippen molar-refractivity contribution >= 4 is 5.84 Å². The summed E-state index contributed by atoms with van der Waals surface area (Å²) in [4.78, 5) is 2.50. The number of amidine groups is 1. The van der Waals surface area contributed by atoms with Crippen LogP contribution in [0.5, 0.6) is 0 Å². The van der Waals surface area contributed by atoms with Gasteiger partial charge in [0, 0.05) is 13.0 Å². The fourth-order valence-electron chi connectivity index (χ4n) is 2.22. The molecular weight excluding hydrogens is 190 g/mol. The molecule has 0 saturated carbocycles. The molecule has 0 aliphatic carbocycles. The smallest absolute Gasteiger partial charge is 0.139 e. The molecule has 3 N–H and O–H groups in total. The maximum atomic E-state index is 8.40. The van der Waals surface area contributed by atoms with Gasteiger partial charge in [0.25, 0.3) is 0 Å². The Labute approximate surface area is 92.1 Å². The molecule has 4 nitrogen and oxygen atoms in total. The van der Waals surface area contributed by atoms with Gasteiger partial charge in [-0.05, 0) is 38.3 Å². The van der Waals surface area contributed by atoms with Crippen LogP contribution >= 0.6 is 0 Å². The van der Waals surface area contributed by atoms with E-state index in [1.807, 2.05) is 0 Å². The predicted molar refractivity (Wildman–Crippen MR) is 62.1 cm³/mol. The van der Waals surface area contributed by atoms with Gasteiger partial charge < -0.3 is 15.8 Å². The van der Waals surface area contributed by atoms with E-state index in [0.717, 1.165) is 18.9 Å². The number of piperidine rings is 1. The molecule has 0 aromatic rings. The minimum atomic E-state index is 0.346. The monoisotopic (exact) mass is 213 g/mol. The number of nitrogens with zero attached hydrogens (tertiary/aromatic N) is 2. The first-order valence-electron chi connectivity index (χ1n) is 5.95. The summed E-state index contributed by atoms with van der Waals surface area (Å²) < 4.78 is 0. The van der Waals surface area contributed by atoms with E-state index in [9.17, 15) is 0 Å². The summed E-state index contributed by atoms with van der Waals surface area (Å²) in [6.45, 7) is 5.79. The van der Waals surface area contributed by atoms with Crippen molar-refractivity contribution in [3.8, 4) is 0 Å². The van der Waals surface area contributed by atoms with Crippen LogP contribution in [0.4, 0.5) is 0 Å². The predicted octanol–water partition coefficient (Wildman–Crippen LogP) is 1.63. The number of rotatable bonds is 5. The fraction of sp³-hybridized carbons (Fsp3) is 0.909. The van der Waals surface area contributed by atoms with Crippen molar-refractivity contribution in [3.63, 3.8) is 0 Å². The maximum absolute atomic E-state index is 8.40. The maximum Gasteiger partial charge on any atom is 0.139 e. The van der Waals surface area contributed by atoms with Crippen molar-refractivity contribution in [2.24, 2.45) is 16.8 Å². The third-order valence-corrected chi connectivity index (χ3v) is 3.22. The molecule has 4 heteroatoms. The topological polar surface area (TPSA) is 61.8 Å². The van der Waals surface area contributed by atoms with Crippen LogP contribution in [0.25, 0.3) is 0 Å². The Morgan fingerprint density at radius 2 is 2.40 bits per heavy atom. The summed E-state index contributed by atoms with van der Waals surface area (Å²) in [5.74, 6) is 1.22. The van der Waals surface area contributed by atoms with Crippen LogP contribution in [0.2, 0.25) is 0 Å². The largest absolute Gasteiger partial charge is 0.409 e. The second-order valence-corrected chi connectivity index (χ2v) is 4.41. The minimum Gasteiger partial charge on any atom is -0.409 e. The van der Waals surface area contributed by atoms with E-state index in [-0.39, 0.29) is 0 Å². The van der Waals surface area contributed by atoms with Crippen molar-refractivity contribution in [2.45, 2.75) is 39.0 Å². The Hall–Kier alpha value is -0.770. The van der Waals surface area contributed by atoms with Gasteiger partial charge in [-0.15, -0.1) is 0 Å². The van der Waals surface area contributed by atoms with Gasteiger partial charge in [0.15, 0.2) is 0 Å². The molecule has 1 rings (SSSR count). The molecule has 1 heterocycles. The second kappa shape index (κ2) is 6.67. The third-order valence-electron chi connectivity index (χ3n) is 3.22. The van der Waals surface area contributed by atoms with E-state index in [4.69, 9.17) is 10.9 Å². The van der Waals surface area contributed by atoms with E-state index < -0.39 is 0 Å². The van der Waals surface area contributed by atoms with Crippen LogP contribution in [0, 0.1) is 5.92 Å². The van der Waals surface area contributed by atoms with E-state index in [1.54, 1.807) is 0 Å². The van der Waals surface area contributed by atoms with Crippen LogP contribution < -0.4 is 5.73 Å². The Morgan fingerprint density at radius 3 is 3.07 bits per heavy atom. The van der Waals surface area contributed by atoms with Gasteiger partial charge in [0.05, 0.1) is 0 Å². The summed E-state index contributed by atoms with van der Waals surface area (Å²) in [5.41, 5.74) is 5.42. The normalized spacial score (nSPS) is 24.3. The summed E-state index contributed by atoms with van der Waals surface area (Å²) in [6, 6.07) is 0. The number of hydrogen-bond acceptors (Lipinski definition) is 3. The number of oxime groups is 1. The molecule has 1 fully saturated rings. The van der Waals surface area contributed by atoms with Crippen LogP contribution in [0.1, 0.15) is 39.0 Å². The van der Waals surface area contributed by atoms with Gasteiger partial charge in [-0.2, -0.15) is 0 Å². The molecule has 1 saturated heterocycles. The van der Waals surface area contributed by atoms with Gasteiger partial charge >= 0.3 is 0 Å². The molecule has 1 aliphatic rings. The summed E-state index contributed by atoms with van der Waals surface area (Å²) in [6.07, 6.45) is 5.68. The molecule has 0 aromatic carbocycles. The zero-order valence-electron chi connectivity index (χ0n) is 9.65. The van der Waals surface area contributed by atoms with Gasteiger partial charge in [0.1, 0.15) is 5.84 Å². The van der Waals surface area contributed by atoms with Gasteiger partial charge in [-0.25, -0.2) is 0 Å². The molecule has 1 unspecified atom stereocenters. The zero-order chi connectivity index (χ0) is 11.1. The van der Waals surface area contributed by atoms with Crippen LogP contribution in [-0.2, 0) is 0 Å². The van der Waals surface area contributed by atoms with Gasteiger partial charge in [-0.3, -0.25) is 0 Å². The highest BCUT2D eigenvalue weighted by molar-refractivity contribution is 5.79. The fourth-order valence-corrected chi connectivity index (χ4v) is 2.22. The SMILES string of the molecule is CCC1CCCN(CCC/C(N)=N/O)C1. The zero-order valence-corrected chi connectivity index (χ0v) is 9.65. The molecule has 0 spiro atoms. The van der Waals surface area contributed by atoms with Crippen molar-refractivity contribution in [1.29, 1.82) is 0 Å². The Balaban J connectivity index is 2.15. The van der Waals surface area contributed by atoms with Crippen molar-refractivity contribution < 1.29 is 5.21 Å². The number of nitrogens with two attached hydrogens (primary N) is 1. The Bertz CT molecular complexity index is 206. The lowest BCUT2D eigenvalue weighted by Gasteiger charge is -2.32. The van der Waals surface area contributed by atoms with E-state index in [0.29, 0.717) is 12.3 Å². The average Bonchev–Trinajstić information content (AvgIpc) is 2.29. The second-order valence-electron chi connectivity index (χ2n) is 4.41. The molecule has 0 amide bonds. The van der Waals surface area contributed by atoms with E-state index in [1.165, 1.54) is 32.4 Å². The summed E-state index contributed by atoms with van der Waals surface area (Å²) in [7, 11) is 0. The highest BCUT2D eigenvalue weighted by Gasteiger charge is 2.17. The van der Waals surface area contributed by atoms with Crippen LogP contribution in [0.3, 0.4) is 0 Å². The Kier molecular flexibility index (Phi) is 5.47. The average molecular weight is 213 g/mol. The first-order chi connectivity index (χ1) is 7.26. The third kappa shape index (κ3) is 4.51. The molecule has 88 valence electrons. The quantitative estimate of drug-likeness (QED) is 0.316. The molecule has 1 aliphatic heterocycles. The van der Waals surface area contributed by atoms with E-state index >= 15 is 0 Å². The molecule has 0 aromatic heterocycles. The first kappa shape index (κ1) is 12.3. The highest BCUT2D eigenvalue weighted by atomic mass is 16.4. The lowest BCUT2D eigenvalue weighted by atomic mass is 9.95. The lowest BCUT2D eigenvalue weighted by molar-refractivity contribution is 0.171. The van der Waals surface area contributed by atoms with Crippen molar-refractivity contribution in [1.82, 2.24) is 4.90 Å². The van der Waals surface area contributed by atoms with Gasteiger partial charge in [-0.1, -0.05) is 18.5 Å². The summed E-state index contributed by atoms with van der Waals surface area (Å²) >= 11 is 0. The van der Waals surface area contributed by atoms with Crippen LogP contribution in [0.15, 0.2) is 5.16 Å². The molecule has 1 atom stereocenters.